The van der Waals surface area contributed by atoms with E-state index in [1.807, 2.05) is 12.4 Å². The fraction of sp³-hybridized carbons (Fsp3) is 0.500. The van der Waals surface area contributed by atoms with E-state index in [9.17, 15) is 0 Å². The molecule has 2 aromatic rings. The first-order valence-electron chi connectivity index (χ1n) is 7.18. The zero-order valence-electron chi connectivity index (χ0n) is 12.3. The first kappa shape index (κ1) is 13.7. The molecule has 2 heterocycles. The fourth-order valence-corrected chi connectivity index (χ4v) is 4.17. The van der Waals surface area contributed by atoms with Gasteiger partial charge in [-0.1, -0.05) is 20.8 Å². The van der Waals surface area contributed by atoms with Crippen LogP contribution in [0, 0.1) is 5.41 Å². The number of rotatable bonds is 2. The molecule has 1 aliphatic carbocycles. The highest BCUT2D eigenvalue weighted by Crippen LogP contribution is 2.44. The second-order valence-electron chi connectivity index (χ2n) is 6.37. The van der Waals surface area contributed by atoms with Gasteiger partial charge in [0.25, 0.3) is 0 Å². The molecule has 20 heavy (non-hydrogen) atoms. The average molecular weight is 287 g/mol. The van der Waals surface area contributed by atoms with E-state index in [0.29, 0.717) is 0 Å². The van der Waals surface area contributed by atoms with Crippen LogP contribution in [0.2, 0.25) is 0 Å². The van der Waals surface area contributed by atoms with Gasteiger partial charge in [0.15, 0.2) is 0 Å². The molecule has 0 saturated carbocycles. The molecule has 0 amide bonds. The van der Waals surface area contributed by atoms with E-state index in [1.54, 1.807) is 11.3 Å². The molecule has 2 aromatic heterocycles. The summed E-state index contributed by atoms with van der Waals surface area (Å²) >= 11 is 1.76. The van der Waals surface area contributed by atoms with Crippen molar-refractivity contribution in [2.75, 3.05) is 0 Å². The van der Waals surface area contributed by atoms with E-state index in [0.717, 1.165) is 24.3 Å². The standard InChI is InChI=1S/C16H21N3S/c1-4-10-9-18-6-5-11(10)15-19-13-8-16(2,3)7-12(17)14(13)20-15/h5-6,9,12H,4,7-8,17H2,1-3H3. The molecule has 0 aliphatic heterocycles. The number of hydrogen-bond donors (Lipinski definition) is 1. The highest BCUT2D eigenvalue weighted by atomic mass is 32.1. The number of hydrogen-bond acceptors (Lipinski definition) is 4. The lowest BCUT2D eigenvalue weighted by atomic mass is 9.77. The lowest BCUT2D eigenvalue weighted by Gasteiger charge is -2.32. The molecule has 0 aromatic carbocycles. The molecule has 0 radical (unpaired) electrons. The normalized spacial score (nSPS) is 20.7. The Morgan fingerprint density at radius 1 is 1.45 bits per heavy atom. The van der Waals surface area contributed by atoms with Gasteiger partial charge in [-0.25, -0.2) is 4.98 Å². The molecule has 2 N–H and O–H groups in total. The van der Waals surface area contributed by atoms with Crippen LogP contribution in [0.4, 0.5) is 0 Å². The van der Waals surface area contributed by atoms with E-state index in [-0.39, 0.29) is 11.5 Å². The zero-order chi connectivity index (χ0) is 14.3. The molecule has 4 heteroatoms. The lowest BCUT2D eigenvalue weighted by Crippen LogP contribution is -2.28. The number of pyridine rings is 1. The summed E-state index contributed by atoms with van der Waals surface area (Å²) in [5.74, 6) is 0. The van der Waals surface area contributed by atoms with Crippen LogP contribution in [0.25, 0.3) is 10.6 Å². The van der Waals surface area contributed by atoms with Crippen molar-refractivity contribution in [2.45, 2.75) is 46.1 Å². The van der Waals surface area contributed by atoms with Crippen molar-refractivity contribution in [3.8, 4) is 10.6 Å². The number of nitrogens with two attached hydrogens (primary N) is 1. The smallest absolute Gasteiger partial charge is 0.124 e. The van der Waals surface area contributed by atoms with Gasteiger partial charge in [0.2, 0.25) is 0 Å². The van der Waals surface area contributed by atoms with Crippen LogP contribution in [0.1, 0.15) is 49.4 Å². The van der Waals surface area contributed by atoms with E-state index in [2.05, 4.69) is 31.8 Å². The number of thiazole rings is 1. The van der Waals surface area contributed by atoms with Crippen LogP contribution in [0.3, 0.4) is 0 Å². The maximum absolute atomic E-state index is 6.34. The quantitative estimate of drug-likeness (QED) is 0.915. The summed E-state index contributed by atoms with van der Waals surface area (Å²) < 4.78 is 0. The highest BCUT2D eigenvalue weighted by molar-refractivity contribution is 7.15. The van der Waals surface area contributed by atoms with E-state index in [4.69, 9.17) is 10.7 Å². The molecule has 3 rings (SSSR count). The highest BCUT2D eigenvalue weighted by Gasteiger charge is 2.33. The van der Waals surface area contributed by atoms with Gasteiger partial charge >= 0.3 is 0 Å². The molecule has 3 nitrogen and oxygen atoms in total. The van der Waals surface area contributed by atoms with Gasteiger partial charge in [0.1, 0.15) is 5.01 Å². The fourth-order valence-electron chi connectivity index (χ4n) is 3.03. The predicted octanol–water partition coefficient (Wildman–Crippen LogP) is 3.74. The Labute approximate surface area is 124 Å². The summed E-state index contributed by atoms with van der Waals surface area (Å²) in [5.41, 5.74) is 10.3. The second-order valence-corrected chi connectivity index (χ2v) is 7.40. The largest absolute Gasteiger partial charge is 0.323 e. The number of nitrogens with zero attached hydrogens (tertiary/aromatic N) is 2. The molecule has 1 atom stereocenters. The van der Waals surface area contributed by atoms with Gasteiger partial charge in [-0.15, -0.1) is 11.3 Å². The van der Waals surface area contributed by atoms with Gasteiger partial charge in [0, 0.05) is 28.9 Å². The van der Waals surface area contributed by atoms with Crippen LogP contribution in [-0.2, 0) is 12.8 Å². The Morgan fingerprint density at radius 2 is 2.25 bits per heavy atom. The van der Waals surface area contributed by atoms with Gasteiger partial charge in [-0.2, -0.15) is 0 Å². The third kappa shape index (κ3) is 2.38. The minimum atomic E-state index is 0.131. The van der Waals surface area contributed by atoms with Gasteiger partial charge in [-0.05, 0) is 36.3 Å². The minimum Gasteiger partial charge on any atom is -0.323 e. The van der Waals surface area contributed by atoms with Crippen molar-refractivity contribution < 1.29 is 0 Å². The van der Waals surface area contributed by atoms with Crippen molar-refractivity contribution in [3.05, 3.63) is 34.6 Å². The van der Waals surface area contributed by atoms with Crippen LogP contribution in [0.5, 0.6) is 0 Å². The molecular formula is C16H21N3S. The first-order valence-corrected chi connectivity index (χ1v) is 8.00. The van der Waals surface area contributed by atoms with Crippen molar-refractivity contribution in [1.29, 1.82) is 0 Å². The summed E-state index contributed by atoms with van der Waals surface area (Å²) in [6.45, 7) is 6.71. The van der Waals surface area contributed by atoms with Gasteiger partial charge in [-0.3, -0.25) is 4.98 Å². The van der Waals surface area contributed by atoms with E-state index >= 15 is 0 Å². The Balaban J connectivity index is 2.06. The zero-order valence-corrected chi connectivity index (χ0v) is 13.1. The average Bonchev–Trinajstić information content (AvgIpc) is 2.81. The summed E-state index contributed by atoms with van der Waals surface area (Å²) in [6, 6.07) is 2.20. The lowest BCUT2D eigenvalue weighted by molar-refractivity contribution is 0.282. The van der Waals surface area contributed by atoms with Crippen molar-refractivity contribution >= 4 is 11.3 Å². The molecular weight excluding hydrogens is 266 g/mol. The van der Waals surface area contributed by atoms with Crippen LogP contribution in [0.15, 0.2) is 18.5 Å². The molecule has 0 bridgehead atoms. The number of fused-ring (bicyclic) bond motifs is 1. The van der Waals surface area contributed by atoms with Crippen LogP contribution < -0.4 is 5.73 Å². The van der Waals surface area contributed by atoms with E-state index < -0.39 is 0 Å². The topological polar surface area (TPSA) is 51.8 Å². The van der Waals surface area contributed by atoms with E-state index in [1.165, 1.54) is 21.7 Å². The van der Waals surface area contributed by atoms with Gasteiger partial charge in [0.05, 0.1) is 5.69 Å². The van der Waals surface area contributed by atoms with Crippen molar-refractivity contribution in [1.82, 2.24) is 9.97 Å². The number of aryl methyl sites for hydroxylation is 1. The number of aromatic nitrogens is 2. The summed E-state index contributed by atoms with van der Waals surface area (Å²) in [5, 5.41) is 1.10. The molecule has 0 spiro atoms. The van der Waals surface area contributed by atoms with Gasteiger partial charge < -0.3 is 5.73 Å². The van der Waals surface area contributed by atoms with Crippen LogP contribution >= 0.6 is 11.3 Å². The van der Waals surface area contributed by atoms with Crippen molar-refractivity contribution in [2.24, 2.45) is 11.1 Å². The third-order valence-electron chi connectivity index (χ3n) is 4.00. The maximum atomic E-state index is 6.34. The Hall–Kier alpha value is -1.26. The summed E-state index contributed by atoms with van der Waals surface area (Å²) in [7, 11) is 0. The SMILES string of the molecule is CCc1cnccc1-c1nc2c(s1)C(N)CC(C)(C)C2. The Kier molecular flexibility index (Phi) is 3.38. The minimum absolute atomic E-state index is 0.131. The summed E-state index contributed by atoms with van der Waals surface area (Å²) in [4.78, 5) is 10.4. The Bertz CT molecular complexity index is 630. The molecule has 0 fully saturated rings. The molecule has 1 aliphatic rings. The predicted molar refractivity (Wildman–Crippen MR) is 83.8 cm³/mol. The third-order valence-corrected chi connectivity index (χ3v) is 5.26. The first-order chi connectivity index (χ1) is 9.50. The van der Waals surface area contributed by atoms with Crippen molar-refractivity contribution in [3.63, 3.8) is 0 Å². The second kappa shape index (κ2) is 4.93. The maximum Gasteiger partial charge on any atom is 0.124 e. The monoisotopic (exact) mass is 287 g/mol. The van der Waals surface area contributed by atoms with Crippen LogP contribution in [-0.4, -0.2) is 9.97 Å². The Morgan fingerprint density at radius 3 is 3.00 bits per heavy atom. The molecule has 106 valence electrons. The summed E-state index contributed by atoms with van der Waals surface area (Å²) in [6.07, 6.45) is 6.83. The molecule has 1 unspecified atom stereocenters. The molecule has 0 saturated heterocycles.